The van der Waals surface area contributed by atoms with Gasteiger partial charge in [-0.2, -0.15) is 0 Å². The predicted molar refractivity (Wildman–Crippen MR) is 89.2 cm³/mol. The maximum absolute atomic E-state index is 11.4. The third-order valence-electron chi connectivity index (χ3n) is 3.18. The number of hydrogen-bond donors (Lipinski definition) is 1. The maximum Gasteiger partial charge on any atom is 0.407 e. The molecule has 1 fully saturated rings. The van der Waals surface area contributed by atoms with Crippen LogP contribution in [0.5, 0.6) is 0 Å². The van der Waals surface area contributed by atoms with Gasteiger partial charge in [0, 0.05) is 38.4 Å². The molecule has 1 aliphatic heterocycles. The number of aromatic nitrogens is 2. The van der Waals surface area contributed by atoms with Crippen molar-refractivity contribution in [3.05, 3.63) is 18.0 Å². The highest BCUT2D eigenvalue weighted by atomic mass is 16.6. The van der Waals surface area contributed by atoms with Gasteiger partial charge in [0.25, 0.3) is 0 Å². The molecule has 0 aliphatic carbocycles. The molecule has 0 spiro atoms. The van der Waals surface area contributed by atoms with Crippen LogP contribution in [0, 0.1) is 11.8 Å². The van der Waals surface area contributed by atoms with Crippen LogP contribution in [0.4, 0.5) is 10.7 Å². The molecule has 6 heteroatoms. The molecule has 1 aliphatic rings. The van der Waals surface area contributed by atoms with Crippen molar-refractivity contribution in [2.24, 2.45) is 0 Å². The normalized spacial score (nSPS) is 14.1. The van der Waals surface area contributed by atoms with Gasteiger partial charge in [0.2, 0.25) is 5.95 Å². The number of alkyl carbamates (subject to hydrolysis) is 1. The third-order valence-corrected chi connectivity index (χ3v) is 3.18. The van der Waals surface area contributed by atoms with Crippen molar-refractivity contribution in [1.29, 1.82) is 0 Å². The van der Waals surface area contributed by atoms with Crippen molar-refractivity contribution >= 4 is 12.0 Å². The Morgan fingerprint density at radius 2 is 1.96 bits per heavy atom. The second-order valence-corrected chi connectivity index (χ2v) is 6.45. The van der Waals surface area contributed by atoms with Crippen molar-refractivity contribution in [3.8, 4) is 11.8 Å². The van der Waals surface area contributed by atoms with Gasteiger partial charge in [-0.05, 0) is 33.6 Å². The van der Waals surface area contributed by atoms with Crippen LogP contribution in [0.2, 0.25) is 0 Å². The minimum absolute atomic E-state index is 0.419. The molecule has 1 aromatic heterocycles. The first-order valence-electron chi connectivity index (χ1n) is 7.97. The highest BCUT2D eigenvalue weighted by molar-refractivity contribution is 5.67. The molecular formula is C17H24N4O2. The summed E-state index contributed by atoms with van der Waals surface area (Å²) in [5, 5.41) is 2.67. The smallest absolute Gasteiger partial charge is 0.407 e. The molecule has 1 saturated heterocycles. The summed E-state index contributed by atoms with van der Waals surface area (Å²) < 4.78 is 5.14. The summed E-state index contributed by atoms with van der Waals surface area (Å²) in [6.07, 6.45) is 6.03. The molecule has 0 saturated carbocycles. The molecule has 2 heterocycles. The van der Waals surface area contributed by atoms with E-state index in [0.29, 0.717) is 13.0 Å². The zero-order chi connectivity index (χ0) is 16.7. The van der Waals surface area contributed by atoms with Crippen molar-refractivity contribution in [2.45, 2.75) is 45.6 Å². The van der Waals surface area contributed by atoms with Crippen molar-refractivity contribution in [2.75, 3.05) is 24.5 Å². The van der Waals surface area contributed by atoms with Crippen molar-refractivity contribution < 1.29 is 9.53 Å². The van der Waals surface area contributed by atoms with Crippen LogP contribution in [0.3, 0.4) is 0 Å². The van der Waals surface area contributed by atoms with Gasteiger partial charge in [-0.25, -0.2) is 14.8 Å². The minimum atomic E-state index is -0.482. The maximum atomic E-state index is 11.4. The zero-order valence-corrected chi connectivity index (χ0v) is 14.1. The lowest BCUT2D eigenvalue weighted by atomic mass is 10.2. The Morgan fingerprint density at radius 1 is 1.30 bits per heavy atom. The Balaban J connectivity index is 1.73. The van der Waals surface area contributed by atoms with E-state index in [-0.39, 0.29) is 0 Å². The molecule has 0 aromatic carbocycles. The van der Waals surface area contributed by atoms with Gasteiger partial charge in [-0.15, -0.1) is 0 Å². The molecule has 0 radical (unpaired) electrons. The van der Waals surface area contributed by atoms with Crippen LogP contribution >= 0.6 is 0 Å². The average molecular weight is 316 g/mol. The fourth-order valence-corrected chi connectivity index (χ4v) is 2.17. The fraction of sp³-hybridized carbons (Fsp3) is 0.588. The number of ether oxygens (including phenoxy) is 1. The largest absolute Gasteiger partial charge is 0.444 e. The quantitative estimate of drug-likeness (QED) is 0.685. The lowest BCUT2D eigenvalue weighted by Crippen LogP contribution is -2.32. The molecular weight excluding hydrogens is 292 g/mol. The van der Waals surface area contributed by atoms with E-state index in [1.54, 1.807) is 12.4 Å². The molecule has 0 unspecified atom stereocenters. The number of hydrogen-bond acceptors (Lipinski definition) is 5. The zero-order valence-electron chi connectivity index (χ0n) is 14.1. The Kier molecular flexibility index (Phi) is 5.80. The molecule has 124 valence electrons. The van der Waals surface area contributed by atoms with Crippen LogP contribution in [0.15, 0.2) is 12.4 Å². The lowest BCUT2D eigenvalue weighted by molar-refractivity contribution is 0.0529. The molecule has 23 heavy (non-hydrogen) atoms. The van der Waals surface area contributed by atoms with Gasteiger partial charge in [0.05, 0.1) is 5.56 Å². The van der Waals surface area contributed by atoms with E-state index in [1.807, 2.05) is 20.8 Å². The lowest BCUT2D eigenvalue weighted by Gasteiger charge is -2.19. The standard InChI is InChI=1S/C17H24N4O2/c1-17(2,3)23-16(22)18-9-5-4-8-14-12-19-15(20-13-14)21-10-6-7-11-21/h12-13H,5-7,9-11H2,1-3H3,(H,18,22). The molecule has 0 atom stereocenters. The number of anilines is 1. The molecule has 1 N–H and O–H groups in total. The monoisotopic (exact) mass is 316 g/mol. The summed E-state index contributed by atoms with van der Waals surface area (Å²) >= 11 is 0. The molecule has 1 amide bonds. The third kappa shape index (κ3) is 6.15. The van der Waals surface area contributed by atoms with Gasteiger partial charge >= 0.3 is 6.09 Å². The molecule has 1 aromatic rings. The molecule has 6 nitrogen and oxygen atoms in total. The Hall–Kier alpha value is -2.29. The number of amides is 1. The van der Waals surface area contributed by atoms with Gasteiger partial charge in [0.1, 0.15) is 5.60 Å². The van der Waals surface area contributed by atoms with Gasteiger partial charge in [-0.1, -0.05) is 11.8 Å². The summed E-state index contributed by atoms with van der Waals surface area (Å²) in [7, 11) is 0. The van der Waals surface area contributed by atoms with Gasteiger partial charge < -0.3 is 15.0 Å². The van der Waals surface area contributed by atoms with Crippen LogP contribution in [0.25, 0.3) is 0 Å². The van der Waals surface area contributed by atoms with E-state index in [4.69, 9.17) is 4.74 Å². The molecule has 2 rings (SSSR count). The van der Waals surface area contributed by atoms with Crippen molar-refractivity contribution in [3.63, 3.8) is 0 Å². The van der Waals surface area contributed by atoms with Crippen LogP contribution in [0.1, 0.15) is 45.6 Å². The Morgan fingerprint density at radius 3 is 2.57 bits per heavy atom. The van der Waals surface area contributed by atoms with E-state index < -0.39 is 11.7 Å². The first kappa shape index (κ1) is 17.1. The van der Waals surface area contributed by atoms with Gasteiger partial charge in [0.15, 0.2) is 0 Å². The summed E-state index contributed by atoms with van der Waals surface area (Å²) in [6.45, 7) is 8.01. The van der Waals surface area contributed by atoms with E-state index >= 15 is 0 Å². The number of nitrogens with one attached hydrogen (secondary N) is 1. The van der Waals surface area contributed by atoms with Crippen LogP contribution in [-0.4, -0.2) is 41.3 Å². The number of nitrogens with zero attached hydrogens (tertiary/aromatic N) is 3. The summed E-state index contributed by atoms with van der Waals surface area (Å²) in [5.74, 6) is 6.77. The second-order valence-electron chi connectivity index (χ2n) is 6.45. The Labute approximate surface area is 137 Å². The highest BCUT2D eigenvalue weighted by Crippen LogP contribution is 2.14. The average Bonchev–Trinajstić information content (AvgIpc) is 3.00. The number of rotatable bonds is 3. The first-order chi connectivity index (χ1) is 10.9. The second kappa shape index (κ2) is 7.82. The summed E-state index contributed by atoms with van der Waals surface area (Å²) in [6, 6.07) is 0. The predicted octanol–water partition coefficient (Wildman–Crippen LogP) is 2.34. The fourth-order valence-electron chi connectivity index (χ4n) is 2.17. The number of carbonyl (C=O) groups is 1. The van der Waals surface area contributed by atoms with Crippen LogP contribution in [-0.2, 0) is 4.74 Å². The van der Waals surface area contributed by atoms with E-state index in [2.05, 4.69) is 32.0 Å². The topological polar surface area (TPSA) is 67.3 Å². The first-order valence-corrected chi connectivity index (χ1v) is 7.97. The van der Waals surface area contributed by atoms with E-state index in [0.717, 1.165) is 24.6 Å². The van der Waals surface area contributed by atoms with Crippen LogP contribution < -0.4 is 10.2 Å². The summed E-state index contributed by atoms with van der Waals surface area (Å²) in [4.78, 5) is 22.3. The van der Waals surface area contributed by atoms with Gasteiger partial charge in [-0.3, -0.25) is 0 Å². The molecule has 0 bridgehead atoms. The highest BCUT2D eigenvalue weighted by Gasteiger charge is 2.15. The minimum Gasteiger partial charge on any atom is -0.444 e. The number of carbonyl (C=O) groups excluding carboxylic acids is 1. The van der Waals surface area contributed by atoms with Crippen molar-refractivity contribution in [1.82, 2.24) is 15.3 Å². The Bertz CT molecular complexity index is 575. The summed E-state index contributed by atoms with van der Waals surface area (Å²) in [5.41, 5.74) is 0.301. The van der Waals surface area contributed by atoms with E-state index in [9.17, 15) is 4.79 Å². The SMILES string of the molecule is CC(C)(C)OC(=O)NCCC#Cc1cnc(N2CCCC2)nc1. The van der Waals surface area contributed by atoms with E-state index in [1.165, 1.54) is 12.8 Å².